The Morgan fingerprint density at radius 3 is 2.07 bits per heavy atom. The predicted molar refractivity (Wildman–Crippen MR) is 165 cm³/mol. The summed E-state index contributed by atoms with van der Waals surface area (Å²) in [5.74, 6) is -0.303. The van der Waals surface area contributed by atoms with Crippen molar-refractivity contribution in [2.24, 2.45) is 0 Å². The molecule has 0 bridgehead atoms. The van der Waals surface area contributed by atoms with Crippen molar-refractivity contribution in [1.82, 2.24) is 10.2 Å². The first-order valence-corrected chi connectivity index (χ1v) is 15.6. The number of amides is 2. The van der Waals surface area contributed by atoms with Crippen LogP contribution in [0.25, 0.3) is 0 Å². The second-order valence-corrected chi connectivity index (χ2v) is 13.6. The van der Waals surface area contributed by atoms with Gasteiger partial charge in [-0.3, -0.25) is 13.9 Å². The van der Waals surface area contributed by atoms with Crippen LogP contribution in [0.1, 0.15) is 45.7 Å². The van der Waals surface area contributed by atoms with E-state index in [0.717, 1.165) is 19.9 Å². The van der Waals surface area contributed by atoms with Crippen molar-refractivity contribution in [3.05, 3.63) is 88.4 Å². The lowest BCUT2D eigenvalue weighted by Gasteiger charge is -2.33. The first-order valence-electron chi connectivity index (χ1n) is 13.4. The summed E-state index contributed by atoms with van der Waals surface area (Å²) in [6.07, 6.45) is 0. The molecule has 0 saturated carbocycles. The van der Waals surface area contributed by atoms with Gasteiger partial charge in [-0.05, 0) is 95.6 Å². The molecule has 0 aliphatic carbocycles. The largest absolute Gasteiger partial charge is 0.494 e. The van der Waals surface area contributed by atoms with E-state index in [4.69, 9.17) is 4.74 Å². The van der Waals surface area contributed by atoms with Crippen molar-refractivity contribution in [3.63, 3.8) is 0 Å². The summed E-state index contributed by atoms with van der Waals surface area (Å²) in [7, 11) is -4.16. The summed E-state index contributed by atoms with van der Waals surface area (Å²) in [5.41, 5.74) is 1.58. The first-order chi connectivity index (χ1) is 19.2. The van der Waals surface area contributed by atoms with E-state index in [1.807, 2.05) is 58.9 Å². The number of benzene rings is 3. The van der Waals surface area contributed by atoms with E-state index in [9.17, 15) is 18.0 Å². The number of halogens is 1. The molecule has 3 aromatic carbocycles. The van der Waals surface area contributed by atoms with Gasteiger partial charge in [0.2, 0.25) is 11.8 Å². The Balaban J connectivity index is 2.02. The molecule has 3 rings (SSSR count). The minimum Gasteiger partial charge on any atom is -0.494 e. The number of anilines is 1. The van der Waals surface area contributed by atoms with E-state index < -0.39 is 34.1 Å². The van der Waals surface area contributed by atoms with Gasteiger partial charge >= 0.3 is 0 Å². The fourth-order valence-corrected chi connectivity index (χ4v) is 5.76. The SMILES string of the molecule is CCOc1ccc(S(=O)(=O)N(CC(=O)N(Cc2ccc(Br)cc2)C(C)C(=O)NC(C)(C)C)c2ccc(C)cc2)cc1. The van der Waals surface area contributed by atoms with Gasteiger partial charge in [0.25, 0.3) is 10.0 Å². The van der Waals surface area contributed by atoms with Crippen LogP contribution in [0.15, 0.2) is 82.2 Å². The van der Waals surface area contributed by atoms with E-state index in [-0.39, 0.29) is 17.3 Å². The van der Waals surface area contributed by atoms with Crippen molar-refractivity contribution in [2.45, 2.75) is 64.6 Å². The third-order valence-electron chi connectivity index (χ3n) is 6.26. The molecule has 0 aromatic heterocycles. The zero-order chi connectivity index (χ0) is 30.4. The maximum atomic E-state index is 14.0. The number of nitrogens with one attached hydrogen (secondary N) is 1. The Hall–Kier alpha value is -3.37. The highest BCUT2D eigenvalue weighted by Crippen LogP contribution is 2.26. The third-order valence-corrected chi connectivity index (χ3v) is 8.57. The number of aryl methyl sites for hydroxylation is 1. The van der Waals surface area contributed by atoms with Crippen molar-refractivity contribution in [1.29, 1.82) is 0 Å². The van der Waals surface area contributed by atoms with E-state index in [1.165, 1.54) is 17.0 Å². The van der Waals surface area contributed by atoms with E-state index in [0.29, 0.717) is 18.0 Å². The molecule has 1 N–H and O–H groups in total. The summed E-state index contributed by atoms with van der Waals surface area (Å²) >= 11 is 3.42. The molecule has 0 spiro atoms. The highest BCUT2D eigenvalue weighted by atomic mass is 79.9. The van der Waals surface area contributed by atoms with Crippen LogP contribution < -0.4 is 14.4 Å². The molecule has 10 heteroatoms. The van der Waals surface area contributed by atoms with Gasteiger partial charge in [0, 0.05) is 16.6 Å². The van der Waals surface area contributed by atoms with Crippen molar-refractivity contribution in [3.8, 4) is 5.75 Å². The summed E-state index contributed by atoms with van der Waals surface area (Å²) in [6.45, 7) is 11.1. The molecule has 2 amide bonds. The van der Waals surface area contributed by atoms with Crippen LogP contribution in [0.5, 0.6) is 5.75 Å². The second-order valence-electron chi connectivity index (χ2n) is 10.8. The molecule has 1 unspecified atom stereocenters. The molecule has 8 nitrogen and oxygen atoms in total. The van der Waals surface area contributed by atoms with Crippen molar-refractivity contribution < 1.29 is 22.7 Å². The summed E-state index contributed by atoms with van der Waals surface area (Å²) < 4.78 is 35.4. The molecule has 0 saturated heterocycles. The lowest BCUT2D eigenvalue weighted by Crippen LogP contribution is -2.54. The molecule has 0 aliphatic rings. The van der Waals surface area contributed by atoms with Crippen LogP contribution in [0.4, 0.5) is 5.69 Å². The first kappa shape index (κ1) is 32.1. The van der Waals surface area contributed by atoms with Gasteiger partial charge < -0.3 is 15.0 Å². The van der Waals surface area contributed by atoms with Gasteiger partial charge in [0.1, 0.15) is 18.3 Å². The van der Waals surface area contributed by atoms with Gasteiger partial charge in [-0.1, -0.05) is 45.8 Å². The Morgan fingerprint density at radius 1 is 0.951 bits per heavy atom. The Kier molecular flexibility index (Phi) is 10.6. The molecule has 41 heavy (non-hydrogen) atoms. The van der Waals surface area contributed by atoms with Crippen LogP contribution in [-0.2, 0) is 26.2 Å². The van der Waals surface area contributed by atoms with Crippen LogP contribution in [0.3, 0.4) is 0 Å². The topological polar surface area (TPSA) is 96.0 Å². The Bertz CT molecular complexity index is 1440. The summed E-state index contributed by atoms with van der Waals surface area (Å²) in [6, 6.07) is 19.6. The Morgan fingerprint density at radius 2 is 1.54 bits per heavy atom. The molecular weight excluding hydrogens is 606 g/mol. The minimum atomic E-state index is -4.16. The molecule has 0 fully saturated rings. The zero-order valence-electron chi connectivity index (χ0n) is 24.3. The number of carbonyl (C=O) groups excluding carboxylic acids is 2. The smallest absolute Gasteiger partial charge is 0.264 e. The molecule has 220 valence electrons. The number of carbonyl (C=O) groups is 2. The third kappa shape index (κ3) is 8.81. The fraction of sp³-hybridized carbons (Fsp3) is 0.355. The maximum absolute atomic E-state index is 14.0. The molecule has 0 radical (unpaired) electrons. The fourth-order valence-electron chi connectivity index (χ4n) is 4.08. The molecule has 0 aliphatic heterocycles. The highest BCUT2D eigenvalue weighted by Gasteiger charge is 2.33. The number of sulfonamides is 1. The molecule has 1 atom stereocenters. The maximum Gasteiger partial charge on any atom is 0.264 e. The van der Waals surface area contributed by atoms with Gasteiger partial charge in [0.05, 0.1) is 17.2 Å². The number of hydrogen-bond donors (Lipinski definition) is 1. The standard InChI is InChI=1S/C31H38BrN3O5S/c1-7-40-27-16-18-28(19-17-27)41(38,39)35(26-14-8-22(2)9-15-26)21-29(36)34(20-24-10-12-25(32)13-11-24)23(3)30(37)33-31(4,5)6/h8-19,23H,7,20-21H2,1-6H3,(H,33,37). The highest BCUT2D eigenvalue weighted by molar-refractivity contribution is 9.10. The van der Waals surface area contributed by atoms with Gasteiger partial charge in [-0.25, -0.2) is 8.42 Å². The van der Waals surface area contributed by atoms with Crippen molar-refractivity contribution >= 4 is 43.5 Å². The molecular formula is C31H38BrN3O5S. The monoisotopic (exact) mass is 643 g/mol. The average Bonchev–Trinajstić information content (AvgIpc) is 2.91. The minimum absolute atomic E-state index is 0.0207. The van der Waals surface area contributed by atoms with Gasteiger partial charge in [-0.2, -0.15) is 0 Å². The lowest BCUT2D eigenvalue weighted by molar-refractivity contribution is -0.140. The van der Waals surface area contributed by atoms with Gasteiger partial charge in [-0.15, -0.1) is 0 Å². The molecule has 0 heterocycles. The van der Waals surface area contributed by atoms with Crippen LogP contribution >= 0.6 is 15.9 Å². The number of rotatable bonds is 11. The quantitative estimate of drug-likeness (QED) is 0.290. The lowest BCUT2D eigenvalue weighted by atomic mass is 10.1. The van der Waals surface area contributed by atoms with Crippen LogP contribution in [0.2, 0.25) is 0 Å². The predicted octanol–water partition coefficient (Wildman–Crippen LogP) is 5.68. The van der Waals surface area contributed by atoms with Crippen molar-refractivity contribution in [2.75, 3.05) is 17.5 Å². The number of hydrogen-bond acceptors (Lipinski definition) is 5. The van der Waals surface area contributed by atoms with E-state index in [1.54, 1.807) is 43.3 Å². The number of ether oxygens (including phenoxy) is 1. The van der Waals surface area contributed by atoms with Gasteiger partial charge in [0.15, 0.2) is 0 Å². The Labute approximate surface area is 251 Å². The van der Waals surface area contributed by atoms with Crippen LogP contribution in [0, 0.1) is 6.92 Å². The summed E-state index contributed by atoms with van der Waals surface area (Å²) in [5, 5.41) is 2.93. The van der Waals surface area contributed by atoms with E-state index in [2.05, 4.69) is 21.2 Å². The van der Waals surface area contributed by atoms with Crippen LogP contribution in [-0.4, -0.2) is 49.9 Å². The zero-order valence-corrected chi connectivity index (χ0v) is 26.8. The average molecular weight is 645 g/mol. The van der Waals surface area contributed by atoms with E-state index >= 15 is 0 Å². The normalized spacial score (nSPS) is 12.4. The molecule has 3 aromatic rings. The summed E-state index contributed by atoms with van der Waals surface area (Å²) in [4.78, 5) is 28.6. The second kappa shape index (κ2) is 13.5. The number of nitrogens with zero attached hydrogens (tertiary/aromatic N) is 2.